The molecule has 0 saturated carbocycles. The molecule has 0 fully saturated rings. The van der Waals surface area contributed by atoms with E-state index in [0.717, 1.165) is 9.20 Å². The Labute approximate surface area is 258 Å². The molecule has 0 aliphatic carbocycles. The van der Waals surface area contributed by atoms with Crippen LogP contribution in [0.2, 0.25) is 5.02 Å². The standard InChI is InChI=1S/C31H38ClN3O5S2/c1-7-40-25-14-12-24(13-15-25)35(42(38,39)27-18-16-26(41-6)17-19-27)21-29(36)34(20-23-10-8-9-11-28(23)32)22(2)30(37)33-31(3,4)5/h8-19,22H,7,20-21H2,1-6H3,(H,33,37)/t22-/m1/s1. The van der Waals surface area contributed by atoms with Crippen LogP contribution in [0.5, 0.6) is 5.75 Å². The second-order valence-corrected chi connectivity index (χ2v) is 13.8. The van der Waals surface area contributed by atoms with Gasteiger partial charge in [-0.3, -0.25) is 13.9 Å². The molecule has 0 bridgehead atoms. The number of amides is 2. The van der Waals surface area contributed by atoms with Gasteiger partial charge in [0.15, 0.2) is 0 Å². The van der Waals surface area contributed by atoms with Gasteiger partial charge in [-0.1, -0.05) is 29.8 Å². The third kappa shape index (κ3) is 8.65. The van der Waals surface area contributed by atoms with Crippen LogP contribution in [0, 0.1) is 0 Å². The van der Waals surface area contributed by atoms with E-state index in [1.54, 1.807) is 67.6 Å². The summed E-state index contributed by atoms with van der Waals surface area (Å²) in [5.74, 6) is -0.363. The molecule has 0 heterocycles. The second-order valence-electron chi connectivity index (χ2n) is 10.6. The van der Waals surface area contributed by atoms with Crippen LogP contribution in [0.25, 0.3) is 0 Å². The van der Waals surface area contributed by atoms with Crippen molar-refractivity contribution < 1.29 is 22.7 Å². The molecule has 0 unspecified atom stereocenters. The van der Waals surface area contributed by atoms with Gasteiger partial charge in [-0.15, -0.1) is 11.8 Å². The molecule has 1 atom stereocenters. The molecule has 0 radical (unpaired) electrons. The van der Waals surface area contributed by atoms with Crippen LogP contribution in [0.4, 0.5) is 5.69 Å². The van der Waals surface area contributed by atoms with E-state index in [4.69, 9.17) is 16.3 Å². The summed E-state index contributed by atoms with van der Waals surface area (Å²) in [4.78, 5) is 29.6. The molecule has 0 saturated heterocycles. The largest absolute Gasteiger partial charge is 0.494 e. The maximum absolute atomic E-state index is 14.1. The molecule has 0 spiro atoms. The quantitative estimate of drug-likeness (QED) is 0.247. The highest BCUT2D eigenvalue weighted by molar-refractivity contribution is 7.98. The number of nitrogens with zero attached hydrogens (tertiary/aromatic N) is 2. The minimum atomic E-state index is -4.18. The summed E-state index contributed by atoms with van der Waals surface area (Å²) in [6.45, 7) is 8.93. The van der Waals surface area contributed by atoms with Gasteiger partial charge in [-0.2, -0.15) is 0 Å². The summed E-state index contributed by atoms with van der Waals surface area (Å²) in [7, 11) is -4.18. The third-order valence-corrected chi connectivity index (χ3v) is 9.23. The maximum Gasteiger partial charge on any atom is 0.264 e. The lowest BCUT2D eigenvalue weighted by Gasteiger charge is -2.33. The van der Waals surface area contributed by atoms with Crippen LogP contribution in [0.3, 0.4) is 0 Å². The molecule has 11 heteroatoms. The van der Waals surface area contributed by atoms with Crippen molar-refractivity contribution in [3.05, 3.63) is 83.4 Å². The summed E-state index contributed by atoms with van der Waals surface area (Å²) in [5.41, 5.74) is 0.377. The maximum atomic E-state index is 14.1. The van der Waals surface area contributed by atoms with Crippen LogP contribution in [-0.4, -0.2) is 56.1 Å². The molecule has 3 aromatic carbocycles. The zero-order chi connectivity index (χ0) is 31.1. The molecular formula is C31H38ClN3O5S2. The van der Waals surface area contributed by atoms with Crippen LogP contribution < -0.4 is 14.4 Å². The van der Waals surface area contributed by atoms with Crippen molar-refractivity contribution in [1.29, 1.82) is 0 Å². The zero-order valence-corrected chi connectivity index (χ0v) is 27.1. The van der Waals surface area contributed by atoms with Crippen molar-refractivity contribution in [2.75, 3.05) is 23.7 Å². The average molecular weight is 632 g/mol. The Bertz CT molecular complexity index is 1470. The minimum Gasteiger partial charge on any atom is -0.494 e. The number of nitrogens with one attached hydrogen (secondary N) is 1. The predicted molar refractivity (Wildman–Crippen MR) is 170 cm³/mol. The van der Waals surface area contributed by atoms with Gasteiger partial charge in [-0.05, 0) is 101 Å². The Morgan fingerprint density at radius 3 is 2.17 bits per heavy atom. The number of benzene rings is 3. The zero-order valence-electron chi connectivity index (χ0n) is 24.8. The fourth-order valence-electron chi connectivity index (χ4n) is 4.15. The molecular weight excluding hydrogens is 594 g/mol. The lowest BCUT2D eigenvalue weighted by molar-refractivity contribution is -0.140. The summed E-state index contributed by atoms with van der Waals surface area (Å²) in [6, 6.07) is 19.1. The van der Waals surface area contributed by atoms with E-state index < -0.39 is 34.1 Å². The summed E-state index contributed by atoms with van der Waals surface area (Å²) < 4.78 is 34.6. The number of carbonyl (C=O) groups excluding carboxylic acids is 2. The van der Waals surface area contributed by atoms with Gasteiger partial charge in [-0.25, -0.2) is 8.42 Å². The lowest BCUT2D eigenvalue weighted by atomic mass is 10.1. The Balaban J connectivity index is 2.06. The monoisotopic (exact) mass is 631 g/mol. The first-order valence-corrected chi connectivity index (χ1v) is 16.6. The Morgan fingerprint density at radius 2 is 1.62 bits per heavy atom. The van der Waals surface area contributed by atoms with Crippen molar-refractivity contribution in [3.8, 4) is 5.75 Å². The van der Waals surface area contributed by atoms with Crippen molar-refractivity contribution in [1.82, 2.24) is 10.2 Å². The fourth-order valence-corrected chi connectivity index (χ4v) is 6.16. The molecule has 2 amide bonds. The topological polar surface area (TPSA) is 96.0 Å². The van der Waals surface area contributed by atoms with E-state index in [9.17, 15) is 18.0 Å². The van der Waals surface area contributed by atoms with E-state index in [1.165, 1.54) is 28.8 Å². The van der Waals surface area contributed by atoms with E-state index in [-0.39, 0.29) is 23.0 Å². The minimum absolute atomic E-state index is 0.0107. The molecule has 226 valence electrons. The highest BCUT2D eigenvalue weighted by Gasteiger charge is 2.33. The van der Waals surface area contributed by atoms with Crippen molar-refractivity contribution in [3.63, 3.8) is 0 Å². The SMILES string of the molecule is CCOc1ccc(N(CC(=O)N(Cc2ccccc2Cl)[C@H](C)C(=O)NC(C)(C)C)S(=O)(=O)c2ccc(SC)cc2)cc1. The number of thioether (sulfide) groups is 1. The van der Waals surface area contributed by atoms with Crippen LogP contribution in [0.15, 0.2) is 82.6 Å². The van der Waals surface area contributed by atoms with Crippen LogP contribution in [0.1, 0.15) is 40.2 Å². The Morgan fingerprint density at radius 1 is 1.00 bits per heavy atom. The first-order valence-electron chi connectivity index (χ1n) is 13.5. The van der Waals surface area contributed by atoms with E-state index in [0.29, 0.717) is 22.9 Å². The number of rotatable bonds is 12. The smallest absolute Gasteiger partial charge is 0.264 e. The van der Waals surface area contributed by atoms with Crippen LogP contribution >= 0.6 is 23.4 Å². The Kier molecular flexibility index (Phi) is 11.3. The third-order valence-electron chi connectivity index (χ3n) is 6.33. The average Bonchev–Trinajstić information content (AvgIpc) is 2.94. The molecule has 0 aliphatic heterocycles. The summed E-state index contributed by atoms with van der Waals surface area (Å²) in [5, 5.41) is 3.35. The highest BCUT2D eigenvalue weighted by atomic mass is 35.5. The van der Waals surface area contributed by atoms with Crippen molar-refractivity contribution in [2.45, 2.75) is 62.5 Å². The molecule has 0 aliphatic rings. The number of hydrogen-bond donors (Lipinski definition) is 1. The van der Waals surface area contributed by atoms with E-state index >= 15 is 0 Å². The van der Waals surface area contributed by atoms with E-state index in [1.807, 2.05) is 34.0 Å². The number of anilines is 1. The van der Waals surface area contributed by atoms with Crippen molar-refractivity contribution >= 4 is 50.9 Å². The van der Waals surface area contributed by atoms with Gasteiger partial charge in [0.2, 0.25) is 11.8 Å². The number of hydrogen-bond acceptors (Lipinski definition) is 6. The second kappa shape index (κ2) is 14.3. The normalized spacial score (nSPS) is 12.4. The number of sulfonamides is 1. The number of ether oxygens (including phenoxy) is 1. The highest BCUT2D eigenvalue weighted by Crippen LogP contribution is 2.28. The first kappa shape index (κ1) is 33.3. The molecule has 1 N–H and O–H groups in total. The van der Waals surface area contributed by atoms with Crippen LogP contribution in [-0.2, 0) is 26.2 Å². The van der Waals surface area contributed by atoms with E-state index in [2.05, 4.69) is 5.32 Å². The summed E-state index contributed by atoms with van der Waals surface area (Å²) >= 11 is 7.92. The van der Waals surface area contributed by atoms with Gasteiger partial charge in [0.25, 0.3) is 10.0 Å². The lowest BCUT2D eigenvalue weighted by Crippen LogP contribution is -2.54. The molecule has 0 aromatic heterocycles. The molecule has 8 nitrogen and oxygen atoms in total. The van der Waals surface area contributed by atoms with Gasteiger partial charge >= 0.3 is 0 Å². The van der Waals surface area contributed by atoms with Gasteiger partial charge in [0, 0.05) is 22.0 Å². The van der Waals surface area contributed by atoms with Gasteiger partial charge < -0.3 is 15.0 Å². The predicted octanol–water partition coefficient (Wildman–Crippen LogP) is 5.99. The molecule has 42 heavy (non-hydrogen) atoms. The summed E-state index contributed by atoms with van der Waals surface area (Å²) in [6.07, 6.45) is 1.90. The molecule has 3 aromatic rings. The molecule has 3 rings (SSSR count). The first-order chi connectivity index (χ1) is 19.8. The fraction of sp³-hybridized carbons (Fsp3) is 0.355. The number of halogens is 1. The number of carbonyl (C=O) groups is 2. The van der Waals surface area contributed by atoms with Gasteiger partial charge in [0.1, 0.15) is 18.3 Å². The van der Waals surface area contributed by atoms with Crippen molar-refractivity contribution in [2.24, 2.45) is 0 Å². The Hall–Kier alpha value is -3.21. The van der Waals surface area contributed by atoms with Gasteiger partial charge in [0.05, 0.1) is 17.2 Å².